The van der Waals surface area contributed by atoms with Crippen molar-refractivity contribution in [3.63, 3.8) is 0 Å². The first-order valence-electron chi connectivity index (χ1n) is 28.0. The lowest BCUT2D eigenvalue weighted by atomic mass is 10.1. The summed E-state index contributed by atoms with van der Waals surface area (Å²) in [4.78, 5) is 26.6. The smallest absolute Gasteiger partial charge is 0.176 e. The van der Waals surface area contributed by atoms with Crippen molar-refractivity contribution in [3.8, 4) is 40.0 Å². The molecule has 0 saturated carbocycles. The van der Waals surface area contributed by atoms with Crippen LogP contribution in [0.4, 0.5) is 5.69 Å². The summed E-state index contributed by atoms with van der Waals surface area (Å²) < 4.78 is 28.8. The van der Waals surface area contributed by atoms with Crippen molar-refractivity contribution >= 4 is 72.3 Å². The number of carbonyl (C=O) groups excluding carboxylic acids is 2. The Balaban J connectivity index is 0.000000170. The molecule has 0 amide bonds. The van der Waals surface area contributed by atoms with Crippen LogP contribution in [0.3, 0.4) is 0 Å². The van der Waals surface area contributed by atoms with Crippen molar-refractivity contribution in [2.24, 2.45) is 0 Å². The van der Waals surface area contributed by atoms with E-state index in [2.05, 4.69) is 105 Å². The Hall–Kier alpha value is -8.68. The molecule has 3 N–H and O–H groups in total. The van der Waals surface area contributed by atoms with Crippen LogP contribution in [0.15, 0.2) is 267 Å². The number of benzene rings is 10. The molecule has 1 atom stereocenters. The van der Waals surface area contributed by atoms with Crippen molar-refractivity contribution in [3.05, 3.63) is 311 Å². The number of hydrogen-bond donors (Lipinski definition) is 2. The van der Waals surface area contributed by atoms with Gasteiger partial charge in [-0.3, -0.25) is 9.59 Å². The lowest BCUT2D eigenvalue weighted by Gasteiger charge is -2.07. The van der Waals surface area contributed by atoms with Crippen molar-refractivity contribution in [2.45, 2.75) is 65.1 Å². The topological polar surface area (TPSA) is 122 Å². The number of alkyl halides is 1. The molecule has 0 radical (unpaired) electrons. The molecule has 11 aromatic rings. The van der Waals surface area contributed by atoms with Gasteiger partial charge < -0.3 is 34.4 Å². The van der Waals surface area contributed by atoms with Crippen LogP contribution in [0.25, 0.3) is 22.2 Å². The van der Waals surface area contributed by atoms with Crippen molar-refractivity contribution < 1.29 is 33.3 Å². The van der Waals surface area contributed by atoms with E-state index in [4.69, 9.17) is 29.4 Å². The maximum Gasteiger partial charge on any atom is 0.176 e. The highest BCUT2D eigenvalue weighted by atomic mass is 80.9. The Bertz CT molecular complexity index is 3710. The third-order valence-corrected chi connectivity index (χ3v) is 13.7. The second kappa shape index (κ2) is 35.6. The lowest BCUT2D eigenvalue weighted by molar-refractivity contribution is 0.0983. The molecule has 0 aliphatic heterocycles. The Morgan fingerprint density at radius 1 is 0.430 bits per heavy atom. The van der Waals surface area contributed by atoms with Gasteiger partial charge >= 0.3 is 0 Å². The number of fused-ring (bicyclic) bond motifs is 1. The zero-order chi connectivity index (χ0) is 60.7. The molecule has 0 fully saturated rings. The highest BCUT2D eigenvalue weighted by Crippen LogP contribution is 2.33. The summed E-state index contributed by atoms with van der Waals surface area (Å²) in [5.41, 5.74) is 18.1. The number of Topliss-reactive ketones (excluding diaryl/α,β-unsaturated/α-hetero) is 2. The van der Waals surface area contributed by atoms with Gasteiger partial charge in [0.2, 0.25) is 0 Å². The number of aromatic amines is 1. The summed E-state index contributed by atoms with van der Waals surface area (Å²) in [6, 6.07) is 86.9. The third kappa shape index (κ3) is 21.4. The molecule has 1 heterocycles. The number of carbonyl (C=O) groups is 2. The summed E-state index contributed by atoms with van der Waals surface area (Å²) in [6.45, 7) is 8.62. The van der Waals surface area contributed by atoms with E-state index < -0.39 is 0 Å². The highest BCUT2D eigenvalue weighted by Gasteiger charge is 2.13. The Labute approximate surface area is 529 Å². The van der Waals surface area contributed by atoms with Crippen molar-refractivity contribution in [1.82, 2.24) is 4.98 Å². The van der Waals surface area contributed by atoms with Gasteiger partial charge in [0.15, 0.2) is 11.6 Å². The molecule has 9 nitrogen and oxygen atoms in total. The second-order valence-corrected chi connectivity index (χ2v) is 21.0. The minimum atomic E-state index is -0.163. The van der Waals surface area contributed by atoms with Gasteiger partial charge in [0.05, 0.1) is 4.83 Å². The van der Waals surface area contributed by atoms with Crippen LogP contribution < -0.4 is 29.4 Å². The summed E-state index contributed by atoms with van der Waals surface area (Å²) in [6.07, 6.45) is 0.532. The maximum atomic E-state index is 11.7. The van der Waals surface area contributed by atoms with Crippen LogP contribution in [0.5, 0.6) is 28.7 Å². The highest BCUT2D eigenvalue weighted by molar-refractivity contribution is 9.93. The average molecular weight is 1340 g/mol. The number of rotatable bonds is 20. The Morgan fingerprint density at radius 3 is 1.09 bits per heavy atom. The standard InChI is InChI=1S/C29H25NO2.C16H15BrO2.C16H16O2.C13H13NO.Br2/c1-21-27-18-26(32-20-23-10-6-3-7-11-23)16-17-28(27)30-29(21)24-12-14-25(15-13-24)31-19-22-8-4-2-5-9-22;1-12(17)16(18)14-7-9-15(10-8-14)19-11-13-5-3-2-4-6-13;1-2-16(17)14-8-10-15(11-9-14)18-12-13-6-4-3-5-7-13;14-12-6-8-13(9-7-12)15-10-11-4-2-1-3-5-11;1-2/h2-18,30H,19-20H2,1H3;2-10,12H,11H2,1H3;3-11H,2,12H2,1H3;1-9H,10,14H2;. The van der Waals surface area contributed by atoms with Gasteiger partial charge in [0, 0.05) is 68.1 Å². The average Bonchev–Trinajstić information content (AvgIpc) is 3.68. The molecule has 0 spiro atoms. The van der Waals surface area contributed by atoms with Gasteiger partial charge in [-0.2, -0.15) is 0 Å². The largest absolute Gasteiger partial charge is 0.489 e. The molecular weight excluding hydrogens is 1270 g/mol. The minimum absolute atomic E-state index is 0.0783. The molecule has 86 heavy (non-hydrogen) atoms. The third-order valence-electron chi connectivity index (χ3n) is 13.3. The van der Waals surface area contributed by atoms with E-state index in [-0.39, 0.29) is 16.4 Å². The predicted octanol–water partition coefficient (Wildman–Crippen LogP) is 19.9. The van der Waals surface area contributed by atoms with E-state index in [9.17, 15) is 9.59 Å². The number of nitrogen functional groups attached to an aromatic ring is 1. The molecule has 0 bridgehead atoms. The zero-order valence-electron chi connectivity index (χ0n) is 48.3. The van der Waals surface area contributed by atoms with Gasteiger partial charge in [0.25, 0.3) is 0 Å². The molecule has 0 aliphatic carbocycles. The molecule has 12 heteroatoms. The Morgan fingerprint density at radius 2 is 0.744 bits per heavy atom. The summed E-state index contributed by atoms with van der Waals surface area (Å²) in [5.74, 6) is 4.36. The van der Waals surface area contributed by atoms with Gasteiger partial charge in [-0.15, -0.1) is 0 Å². The number of halogens is 3. The fourth-order valence-electron chi connectivity index (χ4n) is 8.56. The van der Waals surface area contributed by atoms with Crippen LogP contribution in [0.2, 0.25) is 0 Å². The summed E-state index contributed by atoms with van der Waals surface area (Å²) in [5, 5.41) is 1.18. The number of ether oxygens (including phenoxy) is 5. The second-order valence-electron chi connectivity index (χ2n) is 19.6. The molecule has 11 rings (SSSR count). The van der Waals surface area contributed by atoms with Gasteiger partial charge in [-0.25, -0.2) is 0 Å². The molecular formula is C74H69Br3N2O7. The lowest BCUT2D eigenvalue weighted by Crippen LogP contribution is -2.09. The first-order chi connectivity index (χ1) is 42.1. The molecule has 438 valence electrons. The molecule has 10 aromatic carbocycles. The fraction of sp³-hybridized carbons (Fsp3) is 0.135. The van der Waals surface area contributed by atoms with Gasteiger partial charge in [-0.05, 0) is 168 Å². The molecule has 1 unspecified atom stereocenters. The predicted molar refractivity (Wildman–Crippen MR) is 361 cm³/mol. The quantitative estimate of drug-likeness (QED) is 0.0440. The van der Waals surface area contributed by atoms with E-state index in [1.807, 2.05) is 220 Å². The molecule has 1 aromatic heterocycles. The van der Waals surface area contributed by atoms with E-state index >= 15 is 0 Å². The number of ketones is 2. The number of nitrogens with one attached hydrogen (secondary N) is 1. The number of nitrogens with two attached hydrogens (primary N) is 1. The Kier molecular flexibility index (Phi) is 26.8. The summed E-state index contributed by atoms with van der Waals surface area (Å²) in [7, 11) is 0. The van der Waals surface area contributed by atoms with E-state index in [1.165, 1.54) is 10.9 Å². The van der Waals surface area contributed by atoms with Crippen LogP contribution in [-0.4, -0.2) is 21.4 Å². The number of H-pyrrole nitrogens is 1. The van der Waals surface area contributed by atoms with Gasteiger partial charge in [0.1, 0.15) is 61.8 Å². The first-order valence-corrected chi connectivity index (χ1v) is 32.7. The number of aromatic nitrogens is 1. The van der Waals surface area contributed by atoms with Crippen LogP contribution in [0, 0.1) is 6.92 Å². The molecule has 0 saturated heterocycles. The van der Waals surface area contributed by atoms with Crippen LogP contribution in [-0.2, 0) is 33.0 Å². The van der Waals surface area contributed by atoms with Crippen molar-refractivity contribution in [2.75, 3.05) is 5.73 Å². The van der Waals surface area contributed by atoms with E-state index in [1.54, 1.807) is 12.1 Å². The monoisotopic (exact) mass is 1330 g/mol. The molecule has 0 aliphatic rings. The van der Waals surface area contributed by atoms with Crippen LogP contribution in [0.1, 0.15) is 74.4 Å². The zero-order valence-corrected chi connectivity index (χ0v) is 53.1. The van der Waals surface area contributed by atoms with Crippen molar-refractivity contribution in [1.29, 1.82) is 0 Å². The van der Waals surface area contributed by atoms with E-state index in [0.29, 0.717) is 45.0 Å². The number of hydrogen-bond acceptors (Lipinski definition) is 8. The SMILES string of the molecule is BrBr.CC(Br)C(=O)c1ccc(OCc2ccccc2)cc1.CCC(=O)c1ccc(OCc2ccccc2)cc1.Cc1c(-c2ccc(OCc3ccccc3)cc2)[nH]c2ccc(OCc3ccccc3)cc12.Nc1ccc(OCc2ccccc2)cc1. The van der Waals surface area contributed by atoms with Crippen LogP contribution >= 0.6 is 44.2 Å². The fourth-order valence-corrected chi connectivity index (χ4v) is 8.82. The number of aryl methyl sites for hydroxylation is 1. The first kappa shape index (κ1) is 64.9. The van der Waals surface area contributed by atoms with E-state index in [0.717, 1.165) is 84.6 Å². The normalized spacial score (nSPS) is 10.6. The number of anilines is 1. The van der Waals surface area contributed by atoms with Gasteiger partial charge in [-0.1, -0.05) is 175 Å². The minimum Gasteiger partial charge on any atom is -0.489 e. The maximum absolute atomic E-state index is 11.7. The summed E-state index contributed by atoms with van der Waals surface area (Å²) >= 11 is 8.78.